The summed E-state index contributed by atoms with van der Waals surface area (Å²) in [6.07, 6.45) is 5.83. The normalized spacial score (nSPS) is 24.5. The van der Waals surface area contributed by atoms with Crippen LogP contribution in [0.4, 0.5) is 0 Å². The third kappa shape index (κ3) is 4.33. The van der Waals surface area contributed by atoms with Gasteiger partial charge in [0.1, 0.15) is 0 Å². The number of carbonyl (C=O) groups is 2. The molecule has 19 heavy (non-hydrogen) atoms. The maximum absolute atomic E-state index is 12.1. The molecule has 0 radical (unpaired) electrons. The van der Waals surface area contributed by atoms with Crippen molar-refractivity contribution in [1.82, 2.24) is 10.3 Å². The van der Waals surface area contributed by atoms with Gasteiger partial charge in [0, 0.05) is 31.6 Å². The maximum atomic E-state index is 12.1. The summed E-state index contributed by atoms with van der Waals surface area (Å²) in [5.41, 5.74) is 3.42. The van der Waals surface area contributed by atoms with Gasteiger partial charge in [-0.05, 0) is 38.0 Å². The van der Waals surface area contributed by atoms with Crippen molar-refractivity contribution in [3.63, 3.8) is 0 Å². The van der Waals surface area contributed by atoms with E-state index < -0.39 is 0 Å². The summed E-state index contributed by atoms with van der Waals surface area (Å²) in [5, 5.41) is 4.00. The lowest BCUT2D eigenvalue weighted by Gasteiger charge is -2.21. The fraction of sp³-hybridized carbons (Fsp3) is 0.786. The zero-order valence-electron chi connectivity index (χ0n) is 11.7. The molecule has 0 aromatic heterocycles. The lowest BCUT2D eigenvalue weighted by atomic mass is 10.0. The number of hydrazone groups is 1. The van der Waals surface area contributed by atoms with Crippen LogP contribution >= 0.6 is 0 Å². The molecular formula is C14H23N3O2. The van der Waals surface area contributed by atoms with Gasteiger partial charge >= 0.3 is 0 Å². The Morgan fingerprint density at radius 2 is 2.21 bits per heavy atom. The van der Waals surface area contributed by atoms with Gasteiger partial charge in [-0.3, -0.25) is 9.59 Å². The average Bonchev–Trinajstić information content (AvgIpc) is 2.63. The molecule has 2 heterocycles. The Morgan fingerprint density at radius 3 is 2.95 bits per heavy atom. The van der Waals surface area contributed by atoms with Crippen molar-refractivity contribution in [2.45, 2.75) is 51.9 Å². The van der Waals surface area contributed by atoms with Gasteiger partial charge in [-0.25, -0.2) is 5.43 Å². The number of nitrogens with one attached hydrogen (secondary N) is 1. The number of amides is 2. The topological polar surface area (TPSA) is 61.8 Å². The van der Waals surface area contributed by atoms with E-state index in [2.05, 4.69) is 17.5 Å². The lowest BCUT2D eigenvalue weighted by Crippen LogP contribution is -2.32. The summed E-state index contributed by atoms with van der Waals surface area (Å²) in [5.74, 6) is 0.931. The van der Waals surface area contributed by atoms with Crippen LogP contribution in [0.15, 0.2) is 5.10 Å². The quantitative estimate of drug-likeness (QED) is 0.844. The summed E-state index contributed by atoms with van der Waals surface area (Å²) in [4.78, 5) is 25.1. The number of nitrogens with zero attached hydrogens (tertiary/aromatic N) is 2. The molecule has 1 N–H and O–H groups in total. The molecule has 0 saturated carbocycles. The largest absolute Gasteiger partial charge is 0.343 e. The smallest absolute Gasteiger partial charge is 0.240 e. The van der Waals surface area contributed by atoms with Crippen LogP contribution in [0, 0.1) is 5.92 Å². The first kappa shape index (κ1) is 14.0. The summed E-state index contributed by atoms with van der Waals surface area (Å²) < 4.78 is 0. The standard InChI is InChI=1S/C14H23N3O2/c1-11-3-2-9-17(10-8-11)14(19)7-5-12-4-6-13(18)16-15-12/h11H,2-10H2,1H3,(H,16,18)/t11-/m1/s1. The zero-order valence-corrected chi connectivity index (χ0v) is 11.7. The van der Waals surface area contributed by atoms with Crippen molar-refractivity contribution in [3.8, 4) is 0 Å². The van der Waals surface area contributed by atoms with Gasteiger partial charge in [0.25, 0.3) is 0 Å². The molecule has 0 spiro atoms. The van der Waals surface area contributed by atoms with Crippen molar-refractivity contribution < 1.29 is 9.59 Å². The second-order valence-electron chi connectivity index (χ2n) is 5.63. The predicted octanol–water partition coefficient (Wildman–Crippen LogP) is 1.68. The number of likely N-dealkylation sites (tertiary alicyclic amines) is 1. The van der Waals surface area contributed by atoms with Crippen molar-refractivity contribution in [2.24, 2.45) is 11.0 Å². The molecule has 0 aliphatic carbocycles. The molecule has 0 unspecified atom stereocenters. The minimum absolute atomic E-state index is 0.0309. The van der Waals surface area contributed by atoms with Crippen LogP contribution in [0.3, 0.4) is 0 Å². The molecule has 1 fully saturated rings. The fourth-order valence-corrected chi connectivity index (χ4v) is 2.61. The Morgan fingerprint density at radius 1 is 1.37 bits per heavy atom. The van der Waals surface area contributed by atoms with E-state index in [0.29, 0.717) is 25.7 Å². The van der Waals surface area contributed by atoms with Gasteiger partial charge in [0.15, 0.2) is 0 Å². The first-order chi connectivity index (χ1) is 9.15. The Hall–Kier alpha value is -1.39. The maximum Gasteiger partial charge on any atom is 0.240 e. The highest BCUT2D eigenvalue weighted by Gasteiger charge is 2.19. The van der Waals surface area contributed by atoms with Gasteiger partial charge < -0.3 is 4.90 Å². The van der Waals surface area contributed by atoms with Crippen LogP contribution in [-0.2, 0) is 9.59 Å². The highest BCUT2D eigenvalue weighted by atomic mass is 16.2. The van der Waals surface area contributed by atoms with Crippen molar-refractivity contribution >= 4 is 17.5 Å². The monoisotopic (exact) mass is 265 g/mol. The van der Waals surface area contributed by atoms with Crippen LogP contribution in [0.2, 0.25) is 0 Å². The van der Waals surface area contributed by atoms with E-state index in [1.165, 1.54) is 6.42 Å². The van der Waals surface area contributed by atoms with Crippen molar-refractivity contribution in [2.75, 3.05) is 13.1 Å². The van der Waals surface area contributed by atoms with E-state index in [1.54, 1.807) is 0 Å². The van der Waals surface area contributed by atoms with E-state index in [-0.39, 0.29) is 11.8 Å². The predicted molar refractivity (Wildman–Crippen MR) is 73.6 cm³/mol. The summed E-state index contributed by atoms with van der Waals surface area (Å²) in [6.45, 7) is 4.04. The van der Waals surface area contributed by atoms with Crippen molar-refractivity contribution in [1.29, 1.82) is 0 Å². The second kappa shape index (κ2) is 6.68. The molecular weight excluding hydrogens is 242 g/mol. The highest BCUT2D eigenvalue weighted by molar-refractivity contribution is 5.94. The van der Waals surface area contributed by atoms with E-state index in [1.807, 2.05) is 4.90 Å². The SMILES string of the molecule is C[C@@H]1CCCN(C(=O)CCC2=NNC(=O)CC2)CC1. The summed E-state index contributed by atoms with van der Waals surface area (Å²) >= 11 is 0. The molecule has 0 aromatic rings. The van der Waals surface area contributed by atoms with Crippen molar-refractivity contribution in [3.05, 3.63) is 0 Å². The first-order valence-electron chi connectivity index (χ1n) is 7.27. The number of hydrogen-bond donors (Lipinski definition) is 1. The van der Waals surface area contributed by atoms with Crippen LogP contribution in [0.25, 0.3) is 0 Å². The summed E-state index contributed by atoms with van der Waals surface area (Å²) in [7, 11) is 0. The first-order valence-corrected chi connectivity index (χ1v) is 7.27. The van der Waals surface area contributed by atoms with Crippen LogP contribution < -0.4 is 5.43 Å². The number of hydrogen-bond acceptors (Lipinski definition) is 3. The minimum atomic E-state index is -0.0309. The third-order valence-corrected chi connectivity index (χ3v) is 3.98. The minimum Gasteiger partial charge on any atom is -0.343 e. The Kier molecular flexibility index (Phi) is 4.93. The van der Waals surface area contributed by atoms with Crippen LogP contribution in [0.1, 0.15) is 51.9 Å². The molecule has 0 bridgehead atoms. The molecule has 0 aromatic carbocycles. The summed E-state index contributed by atoms with van der Waals surface area (Å²) in [6, 6.07) is 0. The van der Waals surface area contributed by atoms with Gasteiger partial charge in [0.2, 0.25) is 11.8 Å². The molecule has 2 aliphatic rings. The Balaban J connectivity index is 1.76. The fourth-order valence-electron chi connectivity index (χ4n) is 2.61. The molecule has 1 atom stereocenters. The van der Waals surface area contributed by atoms with Gasteiger partial charge in [-0.1, -0.05) is 6.92 Å². The van der Waals surface area contributed by atoms with Gasteiger partial charge in [-0.15, -0.1) is 0 Å². The van der Waals surface area contributed by atoms with E-state index in [4.69, 9.17) is 0 Å². The highest BCUT2D eigenvalue weighted by Crippen LogP contribution is 2.17. The third-order valence-electron chi connectivity index (χ3n) is 3.98. The molecule has 106 valence electrons. The Labute approximate surface area is 114 Å². The average molecular weight is 265 g/mol. The number of carbonyl (C=O) groups excluding carboxylic acids is 2. The lowest BCUT2D eigenvalue weighted by molar-refractivity contribution is -0.131. The van der Waals surface area contributed by atoms with Gasteiger partial charge in [0.05, 0.1) is 0 Å². The number of rotatable bonds is 3. The molecule has 2 rings (SSSR count). The Bertz CT molecular complexity index is 379. The molecule has 5 nitrogen and oxygen atoms in total. The molecule has 2 aliphatic heterocycles. The molecule has 5 heteroatoms. The van der Waals surface area contributed by atoms with E-state index >= 15 is 0 Å². The van der Waals surface area contributed by atoms with E-state index in [0.717, 1.165) is 37.6 Å². The molecule has 2 amide bonds. The molecule has 1 saturated heterocycles. The second-order valence-corrected chi connectivity index (χ2v) is 5.63. The van der Waals surface area contributed by atoms with Gasteiger partial charge in [-0.2, -0.15) is 5.10 Å². The van der Waals surface area contributed by atoms with Crippen LogP contribution in [-0.4, -0.2) is 35.5 Å². The van der Waals surface area contributed by atoms with Crippen LogP contribution in [0.5, 0.6) is 0 Å². The zero-order chi connectivity index (χ0) is 13.7. The van der Waals surface area contributed by atoms with E-state index in [9.17, 15) is 9.59 Å².